The quantitative estimate of drug-likeness (QED) is 0.596. The molecule has 0 amide bonds. The summed E-state index contributed by atoms with van der Waals surface area (Å²) in [5, 5.41) is 1.76. The van der Waals surface area contributed by atoms with E-state index in [1.807, 2.05) is 18.2 Å². The van der Waals surface area contributed by atoms with E-state index in [1.165, 1.54) is 35.6 Å². The van der Waals surface area contributed by atoms with Crippen LogP contribution in [0.5, 0.6) is 0 Å². The van der Waals surface area contributed by atoms with Gasteiger partial charge in [0.15, 0.2) is 0 Å². The van der Waals surface area contributed by atoms with E-state index < -0.39 is 10.0 Å². The third-order valence-corrected chi connectivity index (χ3v) is 7.98. The number of fused-ring (bicyclic) bond motifs is 1. The van der Waals surface area contributed by atoms with Crippen LogP contribution >= 0.6 is 0 Å². The first-order chi connectivity index (χ1) is 15.6. The molecule has 1 N–H and O–H groups in total. The molecule has 1 aromatic heterocycles. The van der Waals surface area contributed by atoms with Crippen LogP contribution in [-0.2, 0) is 26.7 Å². The summed E-state index contributed by atoms with van der Waals surface area (Å²) in [5.41, 5.74) is 2.47. The molecule has 0 aliphatic carbocycles. The number of benzene rings is 2. The number of hydrogen-bond acceptors (Lipinski definition) is 5. The summed E-state index contributed by atoms with van der Waals surface area (Å²) < 4.78 is 35.4. The van der Waals surface area contributed by atoms with Gasteiger partial charge in [0.05, 0.1) is 21.6 Å². The van der Waals surface area contributed by atoms with Gasteiger partial charge in [-0.3, -0.25) is 4.31 Å². The highest BCUT2D eigenvalue weighted by Crippen LogP contribution is 2.32. The molecule has 0 radical (unpaired) electrons. The molecule has 0 atom stereocenters. The summed E-state index contributed by atoms with van der Waals surface area (Å²) in [5.74, 6) is 1.53. The molecule has 0 unspecified atom stereocenters. The Balaban J connectivity index is 1.71. The second-order valence-electron chi connectivity index (χ2n) is 9.62. The van der Waals surface area contributed by atoms with Crippen LogP contribution in [0, 0.1) is 10.8 Å². The van der Waals surface area contributed by atoms with Crippen molar-refractivity contribution in [2.45, 2.75) is 50.5 Å². The van der Waals surface area contributed by atoms with Gasteiger partial charge in [-0.05, 0) is 49.1 Å². The molecular formula is C24H31N4O4S+. The summed E-state index contributed by atoms with van der Waals surface area (Å²) in [4.78, 5) is 15.8. The SMILES string of the molecule is CN(c1ccc2c(c1)nc(C(C)(C)C)n2CC1CCOCC1)S(=O)(=O)c1ccc([NH+]=O)cc1. The van der Waals surface area contributed by atoms with E-state index in [9.17, 15) is 13.3 Å². The first-order valence-electron chi connectivity index (χ1n) is 11.2. The zero-order valence-electron chi connectivity index (χ0n) is 19.5. The Morgan fingerprint density at radius 3 is 2.39 bits per heavy atom. The molecule has 4 rings (SSSR count). The number of anilines is 1. The lowest BCUT2D eigenvalue weighted by Crippen LogP contribution is -2.55. The third kappa shape index (κ3) is 4.65. The van der Waals surface area contributed by atoms with Gasteiger partial charge in [0.1, 0.15) is 5.82 Å². The maximum Gasteiger partial charge on any atom is 0.264 e. The molecule has 2 heterocycles. The minimum atomic E-state index is -3.79. The van der Waals surface area contributed by atoms with Crippen molar-refractivity contribution in [1.29, 1.82) is 0 Å². The molecule has 176 valence electrons. The maximum absolute atomic E-state index is 13.2. The predicted molar refractivity (Wildman–Crippen MR) is 128 cm³/mol. The Kier molecular flexibility index (Phi) is 6.28. The van der Waals surface area contributed by atoms with E-state index in [1.54, 1.807) is 5.18 Å². The van der Waals surface area contributed by atoms with Gasteiger partial charge in [-0.15, -0.1) is 0 Å². The van der Waals surface area contributed by atoms with E-state index >= 15 is 0 Å². The van der Waals surface area contributed by atoms with Gasteiger partial charge >= 0.3 is 0 Å². The summed E-state index contributed by atoms with van der Waals surface area (Å²) in [6, 6.07) is 11.4. The second kappa shape index (κ2) is 8.87. The van der Waals surface area contributed by atoms with Crippen LogP contribution in [0.1, 0.15) is 39.4 Å². The number of imidazole rings is 1. The molecule has 1 aliphatic heterocycles. The van der Waals surface area contributed by atoms with Crippen LogP contribution in [0.3, 0.4) is 0 Å². The van der Waals surface area contributed by atoms with E-state index in [-0.39, 0.29) is 10.3 Å². The molecule has 1 aliphatic rings. The standard InChI is InChI=1S/C24H30N4O4S/c1-24(2,3)23-25-21-15-19(7-10-22(21)28(23)16-17-11-13-32-14-12-17)27(4)33(30,31)20-8-5-18(26-29)6-9-20/h5-10,15,17H,11-14,16H2,1-4H3/p+1. The Bertz CT molecular complexity index is 1250. The number of ether oxygens (including phenoxy) is 1. The number of nitrogens with zero attached hydrogens (tertiary/aromatic N) is 3. The molecule has 9 heteroatoms. The van der Waals surface area contributed by atoms with Crippen LogP contribution < -0.4 is 9.48 Å². The lowest BCUT2D eigenvalue weighted by molar-refractivity contribution is -0.379. The molecule has 2 aromatic carbocycles. The van der Waals surface area contributed by atoms with Crippen LogP contribution in [0.15, 0.2) is 47.4 Å². The summed E-state index contributed by atoms with van der Waals surface area (Å²) >= 11 is 0. The third-order valence-electron chi connectivity index (χ3n) is 6.18. The van der Waals surface area contributed by atoms with Gasteiger partial charge in [-0.1, -0.05) is 20.8 Å². The van der Waals surface area contributed by atoms with E-state index in [4.69, 9.17) is 9.72 Å². The molecule has 3 aromatic rings. The van der Waals surface area contributed by atoms with E-state index in [0.717, 1.165) is 49.5 Å². The van der Waals surface area contributed by atoms with Crippen molar-refractivity contribution in [3.63, 3.8) is 0 Å². The van der Waals surface area contributed by atoms with Crippen molar-refractivity contribution in [3.05, 3.63) is 53.2 Å². The molecule has 1 fully saturated rings. The molecule has 0 bridgehead atoms. The molecule has 0 saturated carbocycles. The second-order valence-corrected chi connectivity index (χ2v) is 11.6. The predicted octanol–water partition coefficient (Wildman–Crippen LogP) is 3.06. The maximum atomic E-state index is 13.2. The Morgan fingerprint density at radius 2 is 1.79 bits per heavy atom. The van der Waals surface area contributed by atoms with Gasteiger partial charge in [0.2, 0.25) is 0 Å². The van der Waals surface area contributed by atoms with Gasteiger partial charge < -0.3 is 9.30 Å². The van der Waals surface area contributed by atoms with Crippen molar-refractivity contribution in [2.75, 3.05) is 24.6 Å². The number of nitrogens with one attached hydrogen (secondary N) is 1. The molecule has 33 heavy (non-hydrogen) atoms. The van der Waals surface area contributed by atoms with Gasteiger partial charge in [0.25, 0.3) is 15.7 Å². The number of nitroso groups, excluding NO2 is 1. The zero-order valence-corrected chi connectivity index (χ0v) is 20.4. The highest BCUT2D eigenvalue weighted by atomic mass is 32.2. The first kappa shape index (κ1) is 23.4. The topological polar surface area (TPSA) is 95.5 Å². The number of sulfonamides is 1. The summed E-state index contributed by atoms with van der Waals surface area (Å²) in [6.45, 7) is 8.90. The highest BCUT2D eigenvalue weighted by Gasteiger charge is 2.27. The minimum Gasteiger partial charge on any atom is -0.381 e. The fourth-order valence-corrected chi connectivity index (χ4v) is 5.44. The number of hydrogen-bond donors (Lipinski definition) is 1. The van der Waals surface area contributed by atoms with Crippen LogP contribution in [0.4, 0.5) is 11.4 Å². The zero-order chi connectivity index (χ0) is 23.8. The molecule has 8 nitrogen and oxygen atoms in total. The first-order valence-corrected chi connectivity index (χ1v) is 12.6. The summed E-state index contributed by atoms with van der Waals surface area (Å²) in [6.07, 6.45) is 2.06. The number of aromatic nitrogens is 2. The largest absolute Gasteiger partial charge is 0.381 e. The average molecular weight is 472 g/mol. The Labute approximate surface area is 194 Å². The Hall–Kier alpha value is -2.78. The lowest BCUT2D eigenvalue weighted by Gasteiger charge is -2.26. The van der Waals surface area contributed by atoms with E-state index in [0.29, 0.717) is 17.3 Å². The lowest BCUT2D eigenvalue weighted by atomic mass is 9.94. The van der Waals surface area contributed by atoms with Gasteiger partial charge in [0, 0.05) is 54.4 Å². The van der Waals surface area contributed by atoms with Gasteiger partial charge in [-0.25, -0.2) is 13.4 Å². The number of rotatable bonds is 6. The smallest absolute Gasteiger partial charge is 0.264 e. The van der Waals surface area contributed by atoms with Crippen molar-refractivity contribution in [2.24, 2.45) is 5.92 Å². The Morgan fingerprint density at radius 1 is 1.12 bits per heavy atom. The fourth-order valence-electron chi connectivity index (χ4n) is 4.25. The normalized spacial score (nSPS) is 15.6. The van der Waals surface area contributed by atoms with Crippen molar-refractivity contribution in [3.8, 4) is 0 Å². The van der Waals surface area contributed by atoms with Crippen LogP contribution in [0.2, 0.25) is 0 Å². The molecular weight excluding hydrogens is 440 g/mol. The monoisotopic (exact) mass is 471 g/mol. The average Bonchev–Trinajstić information content (AvgIpc) is 3.17. The fraction of sp³-hybridized carbons (Fsp3) is 0.458. The highest BCUT2D eigenvalue weighted by molar-refractivity contribution is 7.92. The molecule has 1 saturated heterocycles. The van der Waals surface area contributed by atoms with Crippen molar-refractivity contribution >= 4 is 32.4 Å². The van der Waals surface area contributed by atoms with E-state index in [2.05, 4.69) is 25.3 Å². The summed E-state index contributed by atoms with van der Waals surface area (Å²) in [7, 11) is -2.26. The van der Waals surface area contributed by atoms with Crippen molar-refractivity contribution < 1.29 is 18.3 Å². The van der Waals surface area contributed by atoms with Crippen LogP contribution in [0.25, 0.3) is 11.0 Å². The minimum absolute atomic E-state index is 0.115. The van der Waals surface area contributed by atoms with Crippen LogP contribution in [-0.4, -0.2) is 38.2 Å². The van der Waals surface area contributed by atoms with Gasteiger partial charge in [-0.2, -0.15) is 0 Å². The molecule has 0 spiro atoms. The van der Waals surface area contributed by atoms with Crippen molar-refractivity contribution in [1.82, 2.24) is 9.55 Å².